The summed E-state index contributed by atoms with van der Waals surface area (Å²) in [6, 6.07) is 0.286. The Bertz CT molecular complexity index is 427. The van der Waals surface area contributed by atoms with Crippen molar-refractivity contribution in [1.82, 2.24) is 5.32 Å². The zero-order valence-corrected chi connectivity index (χ0v) is 13.8. The second-order valence-electron chi connectivity index (χ2n) is 8.37. The van der Waals surface area contributed by atoms with Gasteiger partial charge in [0.25, 0.3) is 0 Å². The van der Waals surface area contributed by atoms with Crippen LogP contribution in [-0.4, -0.2) is 30.2 Å². The molecule has 2 saturated carbocycles. The maximum absolute atomic E-state index is 12.9. The van der Waals surface area contributed by atoms with Crippen molar-refractivity contribution in [2.45, 2.75) is 71.1 Å². The van der Waals surface area contributed by atoms with Crippen LogP contribution in [0.3, 0.4) is 0 Å². The van der Waals surface area contributed by atoms with Crippen molar-refractivity contribution < 1.29 is 9.53 Å². The number of amides is 1. The van der Waals surface area contributed by atoms with Crippen LogP contribution >= 0.6 is 0 Å². The van der Waals surface area contributed by atoms with Crippen molar-refractivity contribution in [2.24, 2.45) is 28.9 Å². The fraction of sp³-hybridized carbons (Fsp3) is 0.941. The van der Waals surface area contributed by atoms with Crippen LogP contribution in [0.2, 0.25) is 0 Å². The maximum atomic E-state index is 12.9. The number of hydrogen-bond donors (Lipinski definition) is 2. The Kier molecular flexibility index (Phi) is 3.61. The minimum Gasteiger partial charge on any atom is -0.377 e. The first-order valence-electron chi connectivity index (χ1n) is 8.48. The predicted octanol–water partition coefficient (Wildman–Crippen LogP) is 2.07. The number of hydrogen-bond acceptors (Lipinski definition) is 3. The summed E-state index contributed by atoms with van der Waals surface area (Å²) in [6.07, 6.45) is 4.49. The molecule has 0 spiro atoms. The number of carbonyl (C=O) groups is 1. The highest BCUT2D eigenvalue weighted by molar-refractivity contribution is 5.89. The molecule has 0 aromatic rings. The lowest BCUT2D eigenvalue weighted by Crippen LogP contribution is -2.80. The molecule has 4 nitrogen and oxygen atoms in total. The number of carbonyl (C=O) groups excluding carboxylic acids is 1. The van der Waals surface area contributed by atoms with Gasteiger partial charge in [-0.2, -0.15) is 0 Å². The predicted molar refractivity (Wildman–Crippen MR) is 82.7 cm³/mol. The normalized spacial score (nSPS) is 48.3. The van der Waals surface area contributed by atoms with Crippen molar-refractivity contribution in [1.29, 1.82) is 0 Å². The molecule has 0 aromatic carbocycles. The van der Waals surface area contributed by atoms with Gasteiger partial charge in [-0.3, -0.25) is 4.79 Å². The quantitative estimate of drug-likeness (QED) is 0.819. The molecule has 3 fully saturated rings. The van der Waals surface area contributed by atoms with Gasteiger partial charge in [0.2, 0.25) is 5.91 Å². The third-order valence-electron chi connectivity index (χ3n) is 6.34. The topological polar surface area (TPSA) is 64.4 Å². The number of fused-ring (bicyclic) bond motifs is 1. The lowest BCUT2D eigenvalue weighted by atomic mass is 9.48. The van der Waals surface area contributed by atoms with Gasteiger partial charge < -0.3 is 15.8 Å². The molecule has 3 rings (SSSR count). The smallest absolute Gasteiger partial charge is 0.241 e. The molecule has 1 amide bonds. The first kappa shape index (κ1) is 15.3. The Morgan fingerprint density at radius 1 is 1.19 bits per heavy atom. The van der Waals surface area contributed by atoms with Gasteiger partial charge in [0.15, 0.2) is 0 Å². The van der Waals surface area contributed by atoms with Crippen LogP contribution in [0.1, 0.15) is 53.4 Å². The summed E-state index contributed by atoms with van der Waals surface area (Å²) in [6.45, 7) is 9.45. The molecular formula is C17H30N2O2. The number of nitrogens with one attached hydrogen (secondary N) is 1. The van der Waals surface area contributed by atoms with E-state index in [1.54, 1.807) is 0 Å². The van der Waals surface area contributed by atoms with E-state index in [9.17, 15) is 4.79 Å². The lowest BCUT2D eigenvalue weighted by molar-refractivity contribution is -0.176. The molecule has 3 N–H and O–H groups in total. The zero-order chi connectivity index (χ0) is 15.4. The number of nitrogens with two attached hydrogens (primary N) is 1. The van der Waals surface area contributed by atoms with Crippen LogP contribution in [-0.2, 0) is 9.53 Å². The van der Waals surface area contributed by atoms with E-state index in [4.69, 9.17) is 10.5 Å². The Morgan fingerprint density at radius 2 is 1.81 bits per heavy atom. The van der Waals surface area contributed by atoms with E-state index in [-0.39, 0.29) is 29.4 Å². The van der Waals surface area contributed by atoms with Gasteiger partial charge in [0, 0.05) is 24.0 Å². The Hall–Kier alpha value is -0.610. The molecule has 0 aromatic heterocycles. The number of ether oxygens (including phenoxy) is 1. The standard InChI is InChI=1S/C17H30N2O2/c1-10-7-11(2)9-12(8-10)19-15(20)17(18)13-5-6-21-14(13)16(17,3)4/h10-14H,5-9,18H2,1-4H3,(H,19,20). The molecule has 21 heavy (non-hydrogen) atoms. The van der Waals surface area contributed by atoms with Crippen molar-refractivity contribution in [2.75, 3.05) is 6.61 Å². The Morgan fingerprint density at radius 3 is 2.43 bits per heavy atom. The van der Waals surface area contributed by atoms with Crippen molar-refractivity contribution in [3.63, 3.8) is 0 Å². The van der Waals surface area contributed by atoms with E-state index in [0.717, 1.165) is 25.9 Å². The minimum atomic E-state index is -0.766. The molecule has 4 heteroatoms. The van der Waals surface area contributed by atoms with Crippen molar-refractivity contribution in [3.8, 4) is 0 Å². The van der Waals surface area contributed by atoms with E-state index in [0.29, 0.717) is 11.8 Å². The van der Waals surface area contributed by atoms with Gasteiger partial charge in [-0.1, -0.05) is 27.7 Å². The van der Waals surface area contributed by atoms with Crippen LogP contribution in [0.5, 0.6) is 0 Å². The zero-order valence-electron chi connectivity index (χ0n) is 13.8. The van der Waals surface area contributed by atoms with Gasteiger partial charge in [-0.25, -0.2) is 0 Å². The van der Waals surface area contributed by atoms with Crippen LogP contribution in [0, 0.1) is 23.2 Å². The van der Waals surface area contributed by atoms with Gasteiger partial charge in [-0.15, -0.1) is 0 Å². The van der Waals surface area contributed by atoms with E-state index in [1.807, 2.05) is 0 Å². The third-order valence-corrected chi connectivity index (χ3v) is 6.34. The van der Waals surface area contributed by atoms with Crippen LogP contribution in [0.4, 0.5) is 0 Å². The summed E-state index contributed by atoms with van der Waals surface area (Å²) in [4.78, 5) is 12.9. The molecule has 120 valence electrons. The summed E-state index contributed by atoms with van der Waals surface area (Å²) < 4.78 is 5.78. The van der Waals surface area contributed by atoms with E-state index >= 15 is 0 Å². The maximum Gasteiger partial charge on any atom is 0.241 e. The molecule has 1 aliphatic heterocycles. The second-order valence-corrected chi connectivity index (χ2v) is 8.37. The summed E-state index contributed by atoms with van der Waals surface area (Å²) in [5, 5.41) is 3.27. The number of rotatable bonds is 2. The van der Waals surface area contributed by atoms with E-state index < -0.39 is 5.54 Å². The monoisotopic (exact) mass is 294 g/mol. The molecule has 2 aliphatic carbocycles. The molecule has 0 bridgehead atoms. The highest BCUT2D eigenvalue weighted by Gasteiger charge is 2.71. The highest BCUT2D eigenvalue weighted by atomic mass is 16.5. The molecular weight excluding hydrogens is 264 g/mol. The van der Waals surface area contributed by atoms with Gasteiger partial charge in [-0.05, 0) is 37.5 Å². The van der Waals surface area contributed by atoms with Crippen LogP contribution < -0.4 is 11.1 Å². The Balaban J connectivity index is 1.70. The van der Waals surface area contributed by atoms with Gasteiger partial charge >= 0.3 is 0 Å². The third kappa shape index (κ3) is 2.14. The van der Waals surface area contributed by atoms with Crippen molar-refractivity contribution >= 4 is 5.91 Å². The average molecular weight is 294 g/mol. The van der Waals surface area contributed by atoms with E-state index in [1.165, 1.54) is 6.42 Å². The summed E-state index contributed by atoms with van der Waals surface area (Å²) >= 11 is 0. The minimum absolute atomic E-state index is 0.0468. The largest absolute Gasteiger partial charge is 0.377 e. The first-order valence-corrected chi connectivity index (χ1v) is 8.48. The fourth-order valence-electron chi connectivity index (χ4n) is 5.21. The molecule has 5 atom stereocenters. The van der Waals surface area contributed by atoms with Gasteiger partial charge in [0.05, 0.1) is 6.10 Å². The SMILES string of the molecule is CC1CC(C)CC(NC(=O)C2(N)C3CCOC3C2(C)C)C1. The second kappa shape index (κ2) is 4.95. The molecule has 1 heterocycles. The first-order chi connectivity index (χ1) is 9.76. The average Bonchev–Trinajstić information content (AvgIpc) is 2.84. The summed E-state index contributed by atoms with van der Waals surface area (Å²) in [7, 11) is 0. The Labute approximate surface area is 128 Å². The lowest BCUT2D eigenvalue weighted by Gasteiger charge is -2.61. The molecule has 5 unspecified atom stereocenters. The fourth-order valence-corrected chi connectivity index (χ4v) is 5.21. The summed E-state index contributed by atoms with van der Waals surface area (Å²) in [5.74, 6) is 1.60. The summed E-state index contributed by atoms with van der Waals surface area (Å²) in [5.41, 5.74) is 5.56. The molecule has 1 saturated heterocycles. The molecule has 0 radical (unpaired) electrons. The van der Waals surface area contributed by atoms with Crippen LogP contribution in [0.15, 0.2) is 0 Å². The molecule has 3 aliphatic rings. The van der Waals surface area contributed by atoms with Gasteiger partial charge in [0.1, 0.15) is 5.54 Å². The van der Waals surface area contributed by atoms with Crippen molar-refractivity contribution in [3.05, 3.63) is 0 Å². The van der Waals surface area contributed by atoms with Crippen LogP contribution in [0.25, 0.3) is 0 Å². The van der Waals surface area contributed by atoms with E-state index in [2.05, 4.69) is 33.0 Å². The highest BCUT2D eigenvalue weighted by Crippen LogP contribution is 2.58.